The van der Waals surface area contributed by atoms with Gasteiger partial charge in [0.2, 0.25) is 0 Å². The largest absolute Gasteiger partial charge is 0.382 e. The van der Waals surface area contributed by atoms with Crippen LogP contribution in [0.2, 0.25) is 0 Å². The molecule has 3 rings (SSSR count). The molecule has 0 aliphatic carbocycles. The van der Waals surface area contributed by atoms with Gasteiger partial charge < -0.3 is 10.2 Å². The Balaban J connectivity index is 1.68. The first-order chi connectivity index (χ1) is 11.5. The van der Waals surface area contributed by atoms with E-state index in [4.69, 9.17) is 0 Å². The Morgan fingerprint density at radius 1 is 1.12 bits per heavy atom. The van der Waals surface area contributed by atoms with Crippen molar-refractivity contribution in [1.29, 1.82) is 0 Å². The number of hydrogen-bond acceptors (Lipinski definition) is 4. The molecule has 0 bridgehead atoms. The van der Waals surface area contributed by atoms with Crippen LogP contribution < -0.4 is 10.2 Å². The molecule has 1 heterocycles. The van der Waals surface area contributed by atoms with Crippen molar-refractivity contribution in [2.75, 3.05) is 23.3 Å². The Kier molecular flexibility index (Phi) is 4.69. The molecule has 0 unspecified atom stereocenters. The molecule has 24 heavy (non-hydrogen) atoms. The Morgan fingerprint density at radius 3 is 2.50 bits per heavy atom. The van der Waals surface area contributed by atoms with Gasteiger partial charge in [-0.1, -0.05) is 24.3 Å². The number of nitro benzene ring substituents is 1. The van der Waals surface area contributed by atoms with E-state index in [9.17, 15) is 10.1 Å². The highest BCUT2D eigenvalue weighted by Gasteiger charge is 2.26. The number of nitrogens with one attached hydrogen (secondary N) is 1. The first-order valence-electron chi connectivity index (χ1n) is 8.37. The summed E-state index contributed by atoms with van der Waals surface area (Å²) < 4.78 is 0. The number of anilines is 2. The second kappa shape index (κ2) is 6.91. The number of aryl methyl sites for hydroxylation is 2. The quantitative estimate of drug-likeness (QED) is 0.673. The van der Waals surface area contributed by atoms with Gasteiger partial charge in [0.15, 0.2) is 0 Å². The minimum absolute atomic E-state index is 0.208. The van der Waals surface area contributed by atoms with E-state index < -0.39 is 0 Å². The number of rotatable bonds is 4. The first kappa shape index (κ1) is 16.3. The summed E-state index contributed by atoms with van der Waals surface area (Å²) >= 11 is 0. The molecular formula is C19H23N3O2. The maximum Gasteiger partial charge on any atom is 0.292 e. The average Bonchev–Trinajstić information content (AvgIpc) is 2.55. The lowest BCUT2D eigenvalue weighted by Crippen LogP contribution is -2.39. The van der Waals surface area contributed by atoms with Crippen LogP contribution in [-0.2, 0) is 0 Å². The van der Waals surface area contributed by atoms with E-state index in [-0.39, 0.29) is 10.6 Å². The minimum Gasteiger partial charge on any atom is -0.382 e. The molecule has 0 radical (unpaired) electrons. The highest BCUT2D eigenvalue weighted by molar-refractivity contribution is 5.68. The van der Waals surface area contributed by atoms with Crippen molar-refractivity contribution in [3.63, 3.8) is 0 Å². The van der Waals surface area contributed by atoms with Crippen molar-refractivity contribution in [3.05, 3.63) is 63.7 Å². The van der Waals surface area contributed by atoms with Gasteiger partial charge in [-0.15, -0.1) is 0 Å². The zero-order valence-electron chi connectivity index (χ0n) is 14.2. The van der Waals surface area contributed by atoms with Crippen LogP contribution in [-0.4, -0.2) is 24.1 Å². The van der Waals surface area contributed by atoms with Gasteiger partial charge in [0, 0.05) is 30.9 Å². The van der Waals surface area contributed by atoms with Crippen LogP contribution in [0, 0.1) is 24.0 Å². The third-order valence-electron chi connectivity index (χ3n) is 4.61. The predicted octanol–water partition coefficient (Wildman–Crippen LogP) is 4.29. The van der Waals surface area contributed by atoms with E-state index in [1.165, 1.54) is 5.56 Å². The normalized spacial score (nSPS) is 15.3. The molecule has 2 aromatic rings. The summed E-state index contributed by atoms with van der Waals surface area (Å²) in [7, 11) is 0. The van der Waals surface area contributed by atoms with Crippen LogP contribution in [0.4, 0.5) is 17.1 Å². The summed E-state index contributed by atoms with van der Waals surface area (Å²) in [4.78, 5) is 13.2. The summed E-state index contributed by atoms with van der Waals surface area (Å²) in [5.41, 5.74) is 4.34. The van der Waals surface area contributed by atoms with Crippen molar-refractivity contribution < 1.29 is 4.92 Å². The third-order valence-corrected chi connectivity index (χ3v) is 4.61. The second-order valence-corrected chi connectivity index (χ2v) is 6.47. The zero-order valence-corrected chi connectivity index (χ0v) is 14.2. The number of hydrogen-bond donors (Lipinski definition) is 1. The Morgan fingerprint density at radius 2 is 1.83 bits per heavy atom. The number of piperidine rings is 1. The fourth-order valence-corrected chi connectivity index (χ4v) is 3.42. The molecule has 1 saturated heterocycles. The first-order valence-corrected chi connectivity index (χ1v) is 8.37. The monoisotopic (exact) mass is 325 g/mol. The Bertz CT molecular complexity index is 737. The molecule has 2 aromatic carbocycles. The molecule has 1 N–H and O–H groups in total. The average molecular weight is 325 g/mol. The van der Waals surface area contributed by atoms with Crippen LogP contribution >= 0.6 is 0 Å². The highest BCUT2D eigenvalue weighted by Crippen LogP contribution is 2.33. The summed E-state index contributed by atoms with van der Waals surface area (Å²) in [6.45, 7) is 5.69. The zero-order chi connectivity index (χ0) is 17.1. The standard InChI is InChI=1S/C19H23N3O2/c1-14-5-3-7-17(13-14)20-16-9-11-21(12-10-16)19-15(2)6-4-8-18(19)22(23)24/h3-8,13,16,20H,9-12H2,1-2H3. The van der Waals surface area contributed by atoms with Crippen molar-refractivity contribution in [1.82, 2.24) is 0 Å². The maximum atomic E-state index is 11.3. The van der Waals surface area contributed by atoms with E-state index in [0.717, 1.165) is 42.9 Å². The lowest BCUT2D eigenvalue weighted by molar-refractivity contribution is -0.384. The fourth-order valence-electron chi connectivity index (χ4n) is 3.42. The minimum atomic E-state index is -0.278. The lowest BCUT2D eigenvalue weighted by atomic mass is 10.0. The van der Waals surface area contributed by atoms with E-state index >= 15 is 0 Å². The van der Waals surface area contributed by atoms with Crippen LogP contribution in [0.1, 0.15) is 24.0 Å². The van der Waals surface area contributed by atoms with Crippen molar-refractivity contribution >= 4 is 17.1 Å². The molecular weight excluding hydrogens is 302 g/mol. The number of nitro groups is 1. The summed E-state index contributed by atoms with van der Waals surface area (Å²) in [5, 5.41) is 14.9. The van der Waals surface area contributed by atoms with Gasteiger partial charge in [-0.2, -0.15) is 0 Å². The highest BCUT2D eigenvalue weighted by atomic mass is 16.6. The van der Waals surface area contributed by atoms with E-state index in [0.29, 0.717) is 6.04 Å². The molecule has 0 saturated carbocycles. The van der Waals surface area contributed by atoms with Crippen LogP contribution in [0.25, 0.3) is 0 Å². The summed E-state index contributed by atoms with van der Waals surface area (Å²) in [5.74, 6) is 0. The van der Waals surface area contributed by atoms with Gasteiger partial charge in [0.25, 0.3) is 5.69 Å². The molecule has 0 spiro atoms. The van der Waals surface area contributed by atoms with Crippen molar-refractivity contribution in [2.45, 2.75) is 32.7 Å². The van der Waals surface area contributed by atoms with Gasteiger partial charge in [0.05, 0.1) is 4.92 Å². The Hall–Kier alpha value is -2.56. The molecule has 5 heteroatoms. The van der Waals surface area contributed by atoms with Gasteiger partial charge in [-0.25, -0.2) is 0 Å². The number of para-hydroxylation sites is 1. The van der Waals surface area contributed by atoms with Gasteiger partial charge in [-0.3, -0.25) is 10.1 Å². The van der Waals surface area contributed by atoms with Crippen LogP contribution in [0.5, 0.6) is 0 Å². The number of benzene rings is 2. The van der Waals surface area contributed by atoms with Crippen molar-refractivity contribution in [3.8, 4) is 0 Å². The van der Waals surface area contributed by atoms with E-state index in [1.54, 1.807) is 12.1 Å². The van der Waals surface area contributed by atoms with Crippen molar-refractivity contribution in [2.24, 2.45) is 0 Å². The molecule has 1 fully saturated rings. The van der Waals surface area contributed by atoms with Gasteiger partial charge >= 0.3 is 0 Å². The Labute approximate surface area is 142 Å². The topological polar surface area (TPSA) is 58.4 Å². The third kappa shape index (κ3) is 3.50. The fraction of sp³-hybridized carbons (Fsp3) is 0.368. The van der Waals surface area contributed by atoms with Gasteiger partial charge in [-0.05, 0) is 49.9 Å². The molecule has 0 atom stereocenters. The molecule has 126 valence electrons. The summed E-state index contributed by atoms with van der Waals surface area (Å²) in [6.07, 6.45) is 1.94. The molecule has 5 nitrogen and oxygen atoms in total. The SMILES string of the molecule is Cc1cccc(NC2CCN(c3c(C)cccc3[N+](=O)[O-])CC2)c1. The van der Waals surface area contributed by atoms with Gasteiger partial charge in [0.1, 0.15) is 5.69 Å². The smallest absolute Gasteiger partial charge is 0.292 e. The lowest BCUT2D eigenvalue weighted by Gasteiger charge is -2.34. The predicted molar refractivity (Wildman–Crippen MR) is 97.9 cm³/mol. The molecule has 0 amide bonds. The second-order valence-electron chi connectivity index (χ2n) is 6.47. The van der Waals surface area contributed by atoms with Crippen LogP contribution in [0.3, 0.4) is 0 Å². The van der Waals surface area contributed by atoms with Crippen LogP contribution in [0.15, 0.2) is 42.5 Å². The molecule has 1 aliphatic heterocycles. The number of nitrogens with zero attached hydrogens (tertiary/aromatic N) is 2. The van der Waals surface area contributed by atoms with E-state index in [2.05, 4.69) is 41.4 Å². The molecule has 0 aromatic heterocycles. The molecule has 1 aliphatic rings. The van der Waals surface area contributed by atoms with E-state index in [1.807, 2.05) is 13.0 Å². The summed E-state index contributed by atoms with van der Waals surface area (Å²) in [6, 6.07) is 14.1. The maximum absolute atomic E-state index is 11.3.